The zero-order valence-corrected chi connectivity index (χ0v) is 22.3. The number of halogens is 3. The number of ether oxygens (including phenoxy) is 1. The summed E-state index contributed by atoms with van der Waals surface area (Å²) in [7, 11) is -3.92. The Balaban J connectivity index is 1.33. The van der Waals surface area contributed by atoms with Gasteiger partial charge in [0.25, 0.3) is 10.0 Å². The number of hydrogen-bond acceptors (Lipinski definition) is 7. The number of benzene rings is 1. The van der Waals surface area contributed by atoms with Gasteiger partial charge in [0.2, 0.25) is 5.88 Å². The molecule has 1 aliphatic carbocycles. The van der Waals surface area contributed by atoms with Crippen LogP contribution in [0, 0.1) is 6.92 Å². The number of aromatic nitrogens is 3. The molecule has 5 rings (SSSR count). The van der Waals surface area contributed by atoms with Gasteiger partial charge in [0, 0.05) is 18.3 Å². The Hall–Kier alpha value is -3.25. The topological polar surface area (TPSA) is 97.3 Å². The van der Waals surface area contributed by atoms with Crippen LogP contribution in [0.25, 0.3) is 0 Å². The van der Waals surface area contributed by atoms with E-state index in [1.54, 1.807) is 19.1 Å². The normalized spacial score (nSPS) is 22.5. The molecule has 208 valence electrons. The molecule has 12 heteroatoms. The third kappa shape index (κ3) is 6.33. The number of alkyl halides is 3. The molecule has 1 aliphatic heterocycles. The van der Waals surface area contributed by atoms with Crippen LogP contribution in [0.1, 0.15) is 54.8 Å². The highest BCUT2D eigenvalue weighted by molar-refractivity contribution is 7.92. The minimum absolute atomic E-state index is 0.00663. The van der Waals surface area contributed by atoms with Crippen molar-refractivity contribution in [2.45, 2.75) is 68.2 Å². The highest BCUT2D eigenvalue weighted by Crippen LogP contribution is 2.40. The molecule has 2 aromatic heterocycles. The summed E-state index contributed by atoms with van der Waals surface area (Å²) in [6.45, 7) is 3.43. The molecule has 0 amide bonds. The third-order valence-electron chi connectivity index (χ3n) is 7.44. The average Bonchev–Trinajstić information content (AvgIpc) is 3.44. The summed E-state index contributed by atoms with van der Waals surface area (Å²) >= 11 is 0. The summed E-state index contributed by atoms with van der Waals surface area (Å²) < 4.78 is 74.5. The van der Waals surface area contributed by atoms with E-state index in [-0.39, 0.29) is 34.5 Å². The predicted octanol–water partition coefficient (Wildman–Crippen LogP) is 5.18. The van der Waals surface area contributed by atoms with Crippen molar-refractivity contribution in [2.75, 3.05) is 17.8 Å². The number of nitrogens with one attached hydrogen (secondary N) is 1. The Morgan fingerprint density at radius 3 is 2.56 bits per heavy atom. The molecule has 0 spiro atoms. The highest BCUT2D eigenvalue weighted by atomic mass is 32.2. The summed E-state index contributed by atoms with van der Waals surface area (Å²) in [4.78, 5) is 14.5. The second-order valence-corrected chi connectivity index (χ2v) is 11.7. The van der Waals surface area contributed by atoms with E-state index in [0.717, 1.165) is 32.0 Å². The van der Waals surface area contributed by atoms with Crippen molar-refractivity contribution in [3.05, 3.63) is 71.8 Å². The monoisotopic (exact) mass is 561 g/mol. The second kappa shape index (κ2) is 11.1. The Bertz CT molecular complexity index is 1400. The van der Waals surface area contributed by atoms with Crippen LogP contribution in [0.3, 0.4) is 0 Å². The average molecular weight is 562 g/mol. The molecule has 3 aromatic rings. The van der Waals surface area contributed by atoms with Crippen molar-refractivity contribution in [3.8, 4) is 5.88 Å². The van der Waals surface area contributed by atoms with E-state index >= 15 is 0 Å². The molecule has 0 unspecified atom stereocenters. The third-order valence-corrected chi connectivity index (χ3v) is 8.93. The number of rotatable bonds is 7. The van der Waals surface area contributed by atoms with Crippen LogP contribution in [0.4, 0.5) is 19.0 Å². The molecular weight excluding hydrogens is 531 g/mol. The number of pyridine rings is 1. The first-order chi connectivity index (χ1) is 18.6. The van der Waals surface area contributed by atoms with E-state index in [9.17, 15) is 21.6 Å². The van der Waals surface area contributed by atoms with Crippen molar-refractivity contribution < 1.29 is 26.3 Å². The zero-order valence-electron chi connectivity index (χ0n) is 21.4. The zero-order chi connectivity index (χ0) is 27.6. The molecule has 0 bridgehead atoms. The highest BCUT2D eigenvalue weighted by Gasteiger charge is 2.38. The Morgan fingerprint density at radius 2 is 1.87 bits per heavy atom. The first-order valence-corrected chi connectivity index (χ1v) is 14.4. The standard InChI is InChI=1S/C27H30F3N5O3S/c1-18-24(39(36,37)34-25-11-12-31-17-32-25)9-10-26(33-18)38-23-8-7-20(16-22(23)35-13-2-3-14-35)19-5-4-6-21(15-19)27(28,29)30/h4-6,9-12,15,17,20,22-23H,2-3,7-8,13-14,16H2,1H3,(H,31,32,34)/t20-,22-,23-/m0/s1. The van der Waals surface area contributed by atoms with Crippen molar-refractivity contribution >= 4 is 15.8 Å². The van der Waals surface area contributed by atoms with E-state index in [2.05, 4.69) is 24.6 Å². The molecule has 1 saturated heterocycles. The van der Waals surface area contributed by atoms with Crippen molar-refractivity contribution in [1.82, 2.24) is 19.9 Å². The molecule has 0 radical (unpaired) electrons. The number of hydrogen-bond donors (Lipinski definition) is 1. The Kier molecular flexibility index (Phi) is 7.77. The maximum Gasteiger partial charge on any atom is 0.416 e. The van der Waals surface area contributed by atoms with Gasteiger partial charge in [-0.25, -0.2) is 23.4 Å². The quantitative estimate of drug-likeness (QED) is 0.425. The van der Waals surface area contributed by atoms with E-state index in [0.29, 0.717) is 30.7 Å². The van der Waals surface area contributed by atoms with Gasteiger partial charge in [-0.05, 0) is 81.8 Å². The van der Waals surface area contributed by atoms with E-state index < -0.39 is 21.8 Å². The first-order valence-electron chi connectivity index (χ1n) is 12.9. The molecule has 1 aromatic carbocycles. The summed E-state index contributed by atoms with van der Waals surface area (Å²) in [6.07, 6.45) is 2.26. The lowest BCUT2D eigenvalue weighted by Gasteiger charge is -2.41. The minimum atomic E-state index is -4.38. The lowest BCUT2D eigenvalue weighted by Crippen LogP contribution is -2.48. The number of likely N-dealkylation sites (tertiary alicyclic amines) is 1. The number of sulfonamides is 1. The van der Waals surface area contributed by atoms with Gasteiger partial charge in [0.15, 0.2) is 0 Å². The molecule has 8 nitrogen and oxygen atoms in total. The van der Waals surface area contributed by atoms with Crippen LogP contribution in [-0.4, -0.2) is 53.5 Å². The van der Waals surface area contributed by atoms with E-state index in [1.807, 2.05) is 0 Å². The summed E-state index contributed by atoms with van der Waals surface area (Å²) in [6, 6.07) is 10.1. The first kappa shape index (κ1) is 27.3. The van der Waals surface area contributed by atoms with Crippen molar-refractivity contribution in [1.29, 1.82) is 0 Å². The van der Waals surface area contributed by atoms with Crippen LogP contribution in [0.15, 0.2) is 59.9 Å². The van der Waals surface area contributed by atoms with Crippen LogP contribution in [-0.2, 0) is 16.2 Å². The van der Waals surface area contributed by atoms with Crippen LogP contribution in [0.5, 0.6) is 5.88 Å². The molecule has 2 fully saturated rings. The molecule has 1 saturated carbocycles. The largest absolute Gasteiger partial charge is 0.473 e. The predicted molar refractivity (Wildman–Crippen MR) is 139 cm³/mol. The Labute approximate surface area is 225 Å². The lowest BCUT2D eigenvalue weighted by molar-refractivity contribution is -0.137. The molecule has 2 aliphatic rings. The molecule has 3 heterocycles. The van der Waals surface area contributed by atoms with Crippen molar-refractivity contribution in [2.24, 2.45) is 0 Å². The van der Waals surface area contributed by atoms with Crippen LogP contribution < -0.4 is 9.46 Å². The Morgan fingerprint density at radius 1 is 1.08 bits per heavy atom. The van der Waals surface area contributed by atoms with Crippen LogP contribution in [0.2, 0.25) is 0 Å². The molecule has 39 heavy (non-hydrogen) atoms. The number of aryl methyl sites for hydroxylation is 1. The fourth-order valence-electron chi connectivity index (χ4n) is 5.56. The van der Waals surface area contributed by atoms with Gasteiger partial charge in [-0.1, -0.05) is 18.2 Å². The molecular formula is C27H30F3N5O3S. The number of nitrogens with zero attached hydrogens (tertiary/aromatic N) is 4. The van der Waals surface area contributed by atoms with Gasteiger partial charge in [0.05, 0.1) is 11.3 Å². The van der Waals surface area contributed by atoms with Crippen molar-refractivity contribution in [3.63, 3.8) is 0 Å². The van der Waals surface area contributed by atoms with Gasteiger partial charge in [0.1, 0.15) is 23.1 Å². The maximum absolute atomic E-state index is 13.3. The van der Waals surface area contributed by atoms with Gasteiger partial charge < -0.3 is 4.74 Å². The van der Waals surface area contributed by atoms with Gasteiger partial charge in [-0.15, -0.1) is 0 Å². The maximum atomic E-state index is 13.3. The number of anilines is 1. The van der Waals surface area contributed by atoms with Crippen LogP contribution >= 0.6 is 0 Å². The van der Waals surface area contributed by atoms with Gasteiger partial charge in [-0.3, -0.25) is 9.62 Å². The summed E-state index contributed by atoms with van der Waals surface area (Å²) in [5.74, 6) is 0.462. The fourth-order valence-corrected chi connectivity index (χ4v) is 6.75. The van der Waals surface area contributed by atoms with E-state index in [4.69, 9.17) is 4.74 Å². The summed E-state index contributed by atoms with van der Waals surface area (Å²) in [5.41, 5.74) is 0.358. The second-order valence-electron chi connectivity index (χ2n) is 10.0. The lowest BCUT2D eigenvalue weighted by atomic mass is 9.79. The van der Waals surface area contributed by atoms with Gasteiger partial charge >= 0.3 is 6.18 Å². The SMILES string of the molecule is Cc1nc(O[C@H]2CC[C@H](c3cccc(C(F)(F)F)c3)C[C@@H]2N2CCCC2)ccc1S(=O)(=O)Nc1ccncn1. The summed E-state index contributed by atoms with van der Waals surface area (Å²) in [5, 5.41) is 0. The fraction of sp³-hybridized carbons (Fsp3) is 0.444. The smallest absolute Gasteiger partial charge is 0.416 e. The molecule has 3 atom stereocenters. The van der Waals surface area contributed by atoms with E-state index in [1.165, 1.54) is 36.8 Å². The van der Waals surface area contributed by atoms with Gasteiger partial charge in [-0.2, -0.15) is 13.2 Å². The minimum Gasteiger partial charge on any atom is -0.473 e. The molecule has 1 N–H and O–H groups in total.